The number of ether oxygens (including phenoxy) is 2. The van der Waals surface area contributed by atoms with E-state index in [1.165, 1.54) is 0 Å². The first-order chi connectivity index (χ1) is 10.0. The molecule has 1 unspecified atom stereocenters. The van der Waals surface area contributed by atoms with Gasteiger partial charge >= 0.3 is 29.6 Å². The molecule has 1 aromatic rings. The topological polar surface area (TPSA) is 72.8 Å². The van der Waals surface area contributed by atoms with Gasteiger partial charge in [0.1, 0.15) is 12.7 Å². The Balaban J connectivity index is 0.00000242. The Kier molecular flexibility index (Phi) is 9.35. The third-order valence-corrected chi connectivity index (χ3v) is 4.99. The average molecular weight is 358 g/mol. The Hall–Kier alpha value is 0.210. The zero-order chi connectivity index (χ0) is 15.1. The van der Waals surface area contributed by atoms with E-state index in [0.29, 0.717) is 13.0 Å². The molecule has 1 atom stereocenters. The fraction of sp³-hybridized carbons (Fsp3) is 0.714. The van der Waals surface area contributed by atoms with Gasteiger partial charge in [-0.1, -0.05) is 25.7 Å². The first-order valence-corrected chi connectivity index (χ1v) is 9.90. The van der Waals surface area contributed by atoms with Crippen LogP contribution >= 0.6 is 11.3 Å². The molecule has 0 bridgehead atoms. The predicted molar refractivity (Wildman–Crippen MR) is 90.1 cm³/mol. The summed E-state index contributed by atoms with van der Waals surface area (Å²) in [5.41, 5.74) is 0. The quantitative estimate of drug-likeness (QED) is 0.417. The average Bonchev–Trinajstić information content (AvgIpc) is 2.88. The van der Waals surface area contributed by atoms with Gasteiger partial charge < -0.3 is 9.47 Å². The summed E-state index contributed by atoms with van der Waals surface area (Å²) in [6.07, 6.45) is 6.82. The van der Waals surface area contributed by atoms with E-state index in [4.69, 9.17) is 14.0 Å². The minimum absolute atomic E-state index is 0. The Labute approximate surface area is 158 Å². The van der Waals surface area contributed by atoms with E-state index >= 15 is 0 Å². The van der Waals surface area contributed by atoms with Crippen molar-refractivity contribution < 1.29 is 22.4 Å². The molecule has 1 N–H and O–H groups in total. The van der Waals surface area contributed by atoms with Crippen molar-refractivity contribution in [1.29, 1.82) is 0 Å². The van der Waals surface area contributed by atoms with Crippen molar-refractivity contribution in [2.75, 3.05) is 12.4 Å². The predicted octanol–water partition coefficient (Wildman–Crippen LogP) is 2.86. The maximum absolute atomic E-state index is 10.5. The van der Waals surface area contributed by atoms with Gasteiger partial charge in [0.25, 0.3) is 10.1 Å². The number of fused-ring (bicyclic) bond motifs is 1. The molecule has 0 radical (unpaired) electrons. The van der Waals surface area contributed by atoms with Gasteiger partial charge in [0.2, 0.25) is 0 Å². The van der Waals surface area contributed by atoms with Gasteiger partial charge in [-0.2, -0.15) is 8.42 Å². The zero-order valence-electron chi connectivity index (χ0n) is 12.0. The monoisotopic (exact) mass is 358 g/mol. The van der Waals surface area contributed by atoms with Crippen LogP contribution in [0.15, 0.2) is 10.8 Å². The van der Waals surface area contributed by atoms with Crippen molar-refractivity contribution >= 4 is 51.0 Å². The van der Waals surface area contributed by atoms with Crippen LogP contribution in [0, 0.1) is 0 Å². The summed E-state index contributed by atoms with van der Waals surface area (Å²) >= 11 is 1.59. The van der Waals surface area contributed by atoms with Gasteiger partial charge in [-0.15, -0.1) is 11.3 Å². The molecule has 122 valence electrons. The standard InChI is InChI=1S/C14H22O5S2.Na.H/c15-21(16,17)8-6-4-2-1-3-5-7-12-9-18-13-10-20-11-14(13)19-12;;/h10-12H,1-9H2,(H,15,16,17);;. The molecular weight excluding hydrogens is 335 g/mol. The van der Waals surface area contributed by atoms with Crippen molar-refractivity contribution in [3.05, 3.63) is 10.8 Å². The number of hydrogen-bond donors (Lipinski definition) is 1. The van der Waals surface area contributed by atoms with E-state index in [0.717, 1.165) is 50.0 Å². The molecule has 0 aliphatic carbocycles. The van der Waals surface area contributed by atoms with Crippen LogP contribution in [0.2, 0.25) is 0 Å². The van der Waals surface area contributed by atoms with Crippen molar-refractivity contribution in [3.8, 4) is 11.5 Å². The van der Waals surface area contributed by atoms with Crippen molar-refractivity contribution in [3.63, 3.8) is 0 Å². The number of thiophene rings is 1. The van der Waals surface area contributed by atoms with Crippen molar-refractivity contribution in [2.45, 2.75) is 51.0 Å². The Bertz CT molecular complexity index is 529. The fourth-order valence-corrected chi connectivity index (χ4v) is 3.61. The molecule has 0 aromatic carbocycles. The first kappa shape index (κ1) is 20.3. The molecule has 2 rings (SSSR count). The molecule has 22 heavy (non-hydrogen) atoms. The van der Waals surface area contributed by atoms with E-state index in [1.807, 2.05) is 10.8 Å². The van der Waals surface area contributed by atoms with Gasteiger partial charge in [0.15, 0.2) is 11.5 Å². The molecule has 5 nitrogen and oxygen atoms in total. The van der Waals surface area contributed by atoms with Gasteiger partial charge in [-0.3, -0.25) is 4.55 Å². The molecule has 0 saturated heterocycles. The normalized spacial score (nSPS) is 17.0. The summed E-state index contributed by atoms with van der Waals surface area (Å²) in [7, 11) is -3.79. The van der Waals surface area contributed by atoms with E-state index < -0.39 is 10.1 Å². The molecular formula is C14H23NaO5S2. The third-order valence-electron chi connectivity index (χ3n) is 3.49. The summed E-state index contributed by atoms with van der Waals surface area (Å²) in [5, 5.41) is 3.93. The summed E-state index contributed by atoms with van der Waals surface area (Å²) in [5.74, 6) is 1.60. The Morgan fingerprint density at radius 1 is 1.09 bits per heavy atom. The summed E-state index contributed by atoms with van der Waals surface area (Å²) < 4.78 is 41.2. The molecule has 2 heterocycles. The van der Waals surface area contributed by atoms with E-state index in [-0.39, 0.29) is 41.4 Å². The third kappa shape index (κ3) is 7.66. The van der Waals surface area contributed by atoms with Crippen molar-refractivity contribution in [1.82, 2.24) is 0 Å². The van der Waals surface area contributed by atoms with E-state index in [1.54, 1.807) is 11.3 Å². The number of hydrogen-bond acceptors (Lipinski definition) is 5. The van der Waals surface area contributed by atoms with Crippen LogP contribution in [0.1, 0.15) is 44.9 Å². The van der Waals surface area contributed by atoms with Crippen LogP contribution in [-0.2, 0) is 10.1 Å². The summed E-state index contributed by atoms with van der Waals surface area (Å²) in [6.45, 7) is 0.623. The molecule has 8 heteroatoms. The van der Waals surface area contributed by atoms with Crippen LogP contribution in [0.3, 0.4) is 0 Å². The molecule has 1 aromatic heterocycles. The number of rotatable bonds is 9. The Morgan fingerprint density at radius 2 is 1.73 bits per heavy atom. The zero-order valence-corrected chi connectivity index (χ0v) is 13.6. The van der Waals surface area contributed by atoms with Gasteiger partial charge in [0, 0.05) is 10.8 Å². The molecule has 0 saturated carbocycles. The summed E-state index contributed by atoms with van der Waals surface area (Å²) in [6, 6.07) is 0. The molecule has 0 fully saturated rings. The van der Waals surface area contributed by atoms with Gasteiger partial charge in [0.05, 0.1) is 5.75 Å². The van der Waals surface area contributed by atoms with Crippen LogP contribution in [0.5, 0.6) is 11.5 Å². The van der Waals surface area contributed by atoms with Gasteiger partial charge in [-0.05, 0) is 19.3 Å². The summed E-state index contributed by atoms with van der Waals surface area (Å²) in [4.78, 5) is 0. The fourth-order valence-electron chi connectivity index (χ4n) is 2.37. The van der Waals surface area contributed by atoms with Crippen LogP contribution in [0.25, 0.3) is 0 Å². The second-order valence-electron chi connectivity index (χ2n) is 5.35. The van der Waals surface area contributed by atoms with E-state index in [9.17, 15) is 8.42 Å². The molecule has 1 aliphatic heterocycles. The van der Waals surface area contributed by atoms with Crippen LogP contribution in [0.4, 0.5) is 0 Å². The number of unbranched alkanes of at least 4 members (excludes halogenated alkanes) is 5. The Morgan fingerprint density at radius 3 is 2.45 bits per heavy atom. The minimum atomic E-state index is -3.79. The van der Waals surface area contributed by atoms with Crippen LogP contribution in [-0.4, -0.2) is 61.0 Å². The second kappa shape index (κ2) is 10.2. The SMILES string of the molecule is O=S(=O)(O)CCCCCCCCC1COc2cscc2O1.[NaH]. The van der Waals surface area contributed by atoms with Gasteiger partial charge in [-0.25, -0.2) is 0 Å². The molecule has 0 amide bonds. The van der Waals surface area contributed by atoms with Crippen LogP contribution < -0.4 is 9.47 Å². The molecule has 1 aliphatic rings. The molecule has 0 spiro atoms. The van der Waals surface area contributed by atoms with Crippen molar-refractivity contribution in [2.24, 2.45) is 0 Å². The maximum atomic E-state index is 10.5. The van der Waals surface area contributed by atoms with E-state index in [2.05, 4.69) is 0 Å². The first-order valence-electron chi connectivity index (χ1n) is 7.35. The second-order valence-corrected chi connectivity index (χ2v) is 7.66.